The number of rotatable bonds is 2. The number of methoxy groups -OCH3 is 1. The molecule has 2 fully saturated rings. The number of nitrogens with one attached hydrogen (secondary N) is 1. The Hall–Kier alpha value is -2.44. The lowest BCUT2D eigenvalue weighted by molar-refractivity contribution is -0.136. The minimum Gasteiger partial charge on any atom is -0.497 e. The summed E-state index contributed by atoms with van der Waals surface area (Å²) in [6.45, 7) is 0. The van der Waals surface area contributed by atoms with Crippen molar-refractivity contribution in [1.82, 2.24) is 5.32 Å². The lowest BCUT2D eigenvalue weighted by atomic mass is 10.0. The van der Waals surface area contributed by atoms with Gasteiger partial charge in [-0.3, -0.25) is 14.9 Å². The van der Waals surface area contributed by atoms with Crippen LogP contribution in [0, 0.1) is 11.2 Å². The summed E-state index contributed by atoms with van der Waals surface area (Å²) in [5.74, 6) is -1.71. The van der Waals surface area contributed by atoms with E-state index in [0.717, 1.165) is 6.07 Å². The van der Waals surface area contributed by atoms with E-state index in [0.29, 0.717) is 23.5 Å². The summed E-state index contributed by atoms with van der Waals surface area (Å²) in [7, 11) is 1.39. The molecular formula is C13H11FN2O4. The number of halogens is 1. The van der Waals surface area contributed by atoms with Crippen LogP contribution in [0.2, 0.25) is 0 Å². The molecule has 1 N–H and O–H groups in total. The number of ether oxygens (including phenoxy) is 1. The van der Waals surface area contributed by atoms with E-state index in [1.54, 1.807) is 0 Å². The molecule has 4 amide bonds. The quantitative estimate of drug-likeness (QED) is 0.825. The largest absolute Gasteiger partial charge is 0.497 e. The zero-order valence-corrected chi connectivity index (χ0v) is 10.6. The fourth-order valence-electron chi connectivity index (χ4n) is 2.25. The number of hydrogen-bond donors (Lipinski definition) is 1. The third kappa shape index (κ3) is 1.59. The first-order valence-electron chi connectivity index (χ1n) is 6.03. The highest BCUT2D eigenvalue weighted by molar-refractivity contribution is 6.31. The van der Waals surface area contributed by atoms with Gasteiger partial charge in [-0.15, -0.1) is 0 Å². The fraction of sp³-hybridized carbons (Fsp3) is 0.308. The molecule has 0 aromatic heterocycles. The number of urea groups is 1. The van der Waals surface area contributed by atoms with Crippen LogP contribution in [0.1, 0.15) is 12.8 Å². The maximum atomic E-state index is 13.9. The molecule has 1 aliphatic carbocycles. The molecule has 0 radical (unpaired) electrons. The van der Waals surface area contributed by atoms with Gasteiger partial charge in [0.05, 0.1) is 12.8 Å². The number of imide groups is 2. The monoisotopic (exact) mass is 278 g/mol. The molecule has 1 heterocycles. The molecular weight excluding hydrogens is 267 g/mol. The van der Waals surface area contributed by atoms with Crippen LogP contribution < -0.4 is 15.0 Å². The molecule has 104 valence electrons. The average Bonchev–Trinajstić information content (AvgIpc) is 3.21. The number of nitrogens with zero attached hydrogens (tertiary/aromatic N) is 1. The van der Waals surface area contributed by atoms with Gasteiger partial charge in [0.15, 0.2) is 0 Å². The van der Waals surface area contributed by atoms with Crippen LogP contribution in [-0.2, 0) is 9.59 Å². The van der Waals surface area contributed by atoms with Crippen molar-refractivity contribution in [2.24, 2.45) is 5.41 Å². The summed E-state index contributed by atoms with van der Waals surface area (Å²) >= 11 is 0. The molecule has 1 aromatic carbocycles. The SMILES string of the molecule is COc1ccc(F)c(N2C(=O)NC(=O)C3(CC3)C2=O)c1. The highest BCUT2D eigenvalue weighted by atomic mass is 19.1. The van der Waals surface area contributed by atoms with Crippen LogP contribution in [0.4, 0.5) is 14.9 Å². The van der Waals surface area contributed by atoms with Gasteiger partial charge in [-0.05, 0) is 25.0 Å². The molecule has 0 unspecified atom stereocenters. The van der Waals surface area contributed by atoms with E-state index in [1.165, 1.54) is 19.2 Å². The topological polar surface area (TPSA) is 75.7 Å². The molecule has 0 bridgehead atoms. The fourth-order valence-corrected chi connectivity index (χ4v) is 2.25. The first kappa shape index (κ1) is 12.6. The van der Waals surface area contributed by atoms with Gasteiger partial charge in [0.25, 0.3) is 5.91 Å². The van der Waals surface area contributed by atoms with Gasteiger partial charge < -0.3 is 4.74 Å². The van der Waals surface area contributed by atoms with E-state index in [2.05, 4.69) is 5.32 Å². The van der Waals surface area contributed by atoms with Gasteiger partial charge in [0, 0.05) is 6.07 Å². The Labute approximate surface area is 113 Å². The first-order chi connectivity index (χ1) is 9.49. The summed E-state index contributed by atoms with van der Waals surface area (Å²) in [6.07, 6.45) is 0.736. The standard InChI is InChI=1S/C13H11FN2O4/c1-20-7-2-3-8(14)9(6-7)16-11(18)13(4-5-13)10(17)15-12(16)19/h2-3,6H,4-5H2,1H3,(H,15,17,19). The average molecular weight is 278 g/mol. The zero-order valence-electron chi connectivity index (χ0n) is 10.6. The lowest BCUT2D eigenvalue weighted by Crippen LogP contribution is -2.59. The molecule has 6 nitrogen and oxygen atoms in total. The van der Waals surface area contributed by atoms with Gasteiger partial charge in [-0.1, -0.05) is 0 Å². The van der Waals surface area contributed by atoms with Crippen molar-refractivity contribution in [2.45, 2.75) is 12.8 Å². The lowest BCUT2D eigenvalue weighted by Gasteiger charge is -2.30. The van der Waals surface area contributed by atoms with Gasteiger partial charge in [-0.25, -0.2) is 14.1 Å². The Morgan fingerprint density at radius 1 is 1.30 bits per heavy atom. The van der Waals surface area contributed by atoms with Crippen molar-refractivity contribution in [3.8, 4) is 5.75 Å². The first-order valence-corrected chi connectivity index (χ1v) is 6.03. The minimum atomic E-state index is -1.20. The number of carbonyl (C=O) groups excluding carboxylic acids is 3. The normalized spacial score (nSPS) is 20.1. The van der Waals surface area contributed by atoms with E-state index in [-0.39, 0.29) is 5.69 Å². The molecule has 3 rings (SSSR count). The predicted octanol–water partition coefficient (Wildman–Crippen LogP) is 1.20. The van der Waals surface area contributed by atoms with Crippen LogP contribution in [0.3, 0.4) is 0 Å². The molecule has 1 aliphatic heterocycles. The molecule has 1 saturated carbocycles. The summed E-state index contributed by atoms with van der Waals surface area (Å²) < 4.78 is 18.8. The van der Waals surface area contributed by atoms with Crippen molar-refractivity contribution < 1.29 is 23.5 Å². The van der Waals surface area contributed by atoms with Gasteiger partial charge in [-0.2, -0.15) is 0 Å². The van der Waals surface area contributed by atoms with Gasteiger partial charge in [0.2, 0.25) is 5.91 Å². The van der Waals surface area contributed by atoms with Crippen LogP contribution in [0.25, 0.3) is 0 Å². The maximum absolute atomic E-state index is 13.9. The minimum absolute atomic E-state index is 0.217. The summed E-state index contributed by atoms with van der Waals surface area (Å²) in [5, 5.41) is 2.10. The predicted molar refractivity (Wildman–Crippen MR) is 65.6 cm³/mol. The van der Waals surface area contributed by atoms with Crippen molar-refractivity contribution in [1.29, 1.82) is 0 Å². The highest BCUT2D eigenvalue weighted by Crippen LogP contribution is 2.50. The maximum Gasteiger partial charge on any atom is 0.335 e. The zero-order chi connectivity index (χ0) is 14.5. The van der Waals surface area contributed by atoms with Crippen LogP contribution in [0.5, 0.6) is 5.75 Å². The molecule has 7 heteroatoms. The second-order valence-corrected chi connectivity index (χ2v) is 4.80. The van der Waals surface area contributed by atoms with Gasteiger partial charge in [0.1, 0.15) is 17.0 Å². The summed E-state index contributed by atoms with van der Waals surface area (Å²) in [4.78, 5) is 36.5. The third-order valence-corrected chi connectivity index (χ3v) is 3.61. The molecule has 1 aromatic rings. The molecule has 1 spiro atoms. The molecule has 2 aliphatic rings. The van der Waals surface area contributed by atoms with E-state index < -0.39 is 29.1 Å². The molecule has 0 atom stereocenters. The van der Waals surface area contributed by atoms with Gasteiger partial charge >= 0.3 is 6.03 Å². The van der Waals surface area contributed by atoms with E-state index >= 15 is 0 Å². The number of anilines is 1. The number of carbonyl (C=O) groups is 3. The number of barbiturate groups is 1. The van der Waals surface area contributed by atoms with Crippen molar-refractivity contribution >= 4 is 23.5 Å². The smallest absolute Gasteiger partial charge is 0.335 e. The molecule has 1 saturated heterocycles. The summed E-state index contributed by atoms with van der Waals surface area (Å²) in [5.41, 5.74) is -1.42. The third-order valence-electron chi connectivity index (χ3n) is 3.61. The van der Waals surface area contributed by atoms with E-state index in [1.807, 2.05) is 0 Å². The Kier molecular flexibility index (Phi) is 2.53. The van der Waals surface area contributed by atoms with Crippen LogP contribution in [-0.4, -0.2) is 25.0 Å². The number of hydrogen-bond acceptors (Lipinski definition) is 4. The van der Waals surface area contributed by atoms with Crippen molar-refractivity contribution in [3.05, 3.63) is 24.0 Å². The Morgan fingerprint density at radius 3 is 2.60 bits per heavy atom. The Bertz CT molecular complexity index is 639. The molecule has 20 heavy (non-hydrogen) atoms. The van der Waals surface area contributed by atoms with Crippen LogP contribution >= 0.6 is 0 Å². The van der Waals surface area contributed by atoms with Crippen LogP contribution in [0.15, 0.2) is 18.2 Å². The Balaban J connectivity index is 2.07. The number of benzene rings is 1. The second kappa shape index (κ2) is 4.03. The van der Waals surface area contributed by atoms with E-state index in [4.69, 9.17) is 4.74 Å². The van der Waals surface area contributed by atoms with E-state index in [9.17, 15) is 18.8 Å². The highest BCUT2D eigenvalue weighted by Gasteiger charge is 2.62. The number of amides is 4. The summed E-state index contributed by atoms with van der Waals surface area (Å²) in [6, 6.07) is 2.79. The Morgan fingerprint density at radius 2 is 2.00 bits per heavy atom. The van der Waals surface area contributed by atoms with Crippen molar-refractivity contribution in [3.63, 3.8) is 0 Å². The second-order valence-electron chi connectivity index (χ2n) is 4.80. The van der Waals surface area contributed by atoms with Crippen molar-refractivity contribution in [2.75, 3.05) is 12.0 Å².